The monoisotopic (exact) mass is 282 g/mol. The van der Waals surface area contributed by atoms with E-state index in [-0.39, 0.29) is 0 Å². The zero-order valence-electron chi connectivity index (χ0n) is 11.3. The maximum Gasteiger partial charge on any atom is 0.151 e. The molecule has 0 radical (unpaired) electrons. The highest BCUT2D eigenvalue weighted by atomic mass is 32.2. The van der Waals surface area contributed by atoms with Crippen molar-refractivity contribution in [2.75, 3.05) is 6.26 Å². The predicted octanol–water partition coefficient (Wildman–Crippen LogP) is 3.95. The van der Waals surface area contributed by atoms with Gasteiger partial charge in [-0.25, -0.2) is 4.21 Å². The molecule has 3 aromatic rings. The molecule has 1 atom stereocenters. The molecule has 0 N–H and O–H groups in total. The Morgan fingerprint density at radius 1 is 1.05 bits per heavy atom. The number of hydrogen-bond donors (Lipinski definition) is 0. The molecular weight excluding hydrogens is 268 g/mol. The first kappa shape index (κ1) is 11.7. The van der Waals surface area contributed by atoms with Crippen LogP contribution in [0.1, 0.15) is 0 Å². The van der Waals surface area contributed by atoms with Crippen molar-refractivity contribution in [2.24, 2.45) is 11.4 Å². The normalized spacial score (nSPS) is 20.3. The number of para-hydroxylation sites is 1. The van der Waals surface area contributed by atoms with E-state index in [2.05, 4.69) is 16.5 Å². The van der Waals surface area contributed by atoms with Crippen molar-refractivity contribution in [3.63, 3.8) is 0 Å². The number of rotatable bonds is 0. The van der Waals surface area contributed by atoms with E-state index in [1.165, 1.54) is 0 Å². The third-order valence-electron chi connectivity index (χ3n) is 3.90. The molecule has 4 heteroatoms. The molecule has 1 unspecified atom stereocenters. The van der Waals surface area contributed by atoms with Crippen LogP contribution in [-0.2, 0) is 16.8 Å². The summed E-state index contributed by atoms with van der Waals surface area (Å²) in [5.74, 6) is 0.817. The van der Waals surface area contributed by atoms with Crippen molar-refractivity contribution in [1.29, 1.82) is 0 Å². The van der Waals surface area contributed by atoms with Gasteiger partial charge in [0.2, 0.25) is 0 Å². The molecule has 0 saturated carbocycles. The summed E-state index contributed by atoms with van der Waals surface area (Å²) >= 11 is 0. The van der Waals surface area contributed by atoms with Crippen LogP contribution in [0.25, 0.3) is 22.0 Å². The van der Waals surface area contributed by atoms with E-state index in [1.54, 1.807) is 6.26 Å². The van der Waals surface area contributed by atoms with Crippen LogP contribution >= 0.6 is 0 Å². The van der Waals surface area contributed by atoms with Crippen molar-refractivity contribution < 1.29 is 4.21 Å². The minimum Gasteiger partial charge on any atom is -0.328 e. The summed E-state index contributed by atoms with van der Waals surface area (Å²) in [4.78, 5) is 0.837. The first-order chi connectivity index (χ1) is 9.59. The van der Waals surface area contributed by atoms with Gasteiger partial charge in [-0.05, 0) is 12.1 Å². The molecule has 0 amide bonds. The quantitative estimate of drug-likeness (QED) is 0.615. The Morgan fingerprint density at radius 2 is 1.75 bits per heavy atom. The molecule has 2 aromatic carbocycles. The summed E-state index contributed by atoms with van der Waals surface area (Å²) in [6, 6.07) is 16.1. The summed E-state index contributed by atoms with van der Waals surface area (Å²) in [5, 5.41) is 1.16. The first-order valence-corrected chi connectivity index (χ1v) is 8.41. The zero-order chi connectivity index (χ0) is 13.9. The van der Waals surface area contributed by atoms with Gasteiger partial charge in [-0.1, -0.05) is 36.4 Å². The molecular formula is C16H14N2OS. The number of aryl methyl sites for hydroxylation is 1. The second kappa shape index (κ2) is 3.73. The number of nitrogens with zero attached hydrogens (tertiary/aromatic N) is 2. The molecule has 1 aliphatic heterocycles. The molecule has 0 bridgehead atoms. The number of aromatic nitrogens is 1. The van der Waals surface area contributed by atoms with Crippen LogP contribution in [0.15, 0.2) is 57.8 Å². The number of hydrogen-bond acceptors (Lipinski definition) is 2. The lowest BCUT2D eigenvalue weighted by molar-refractivity contribution is 0.680. The summed E-state index contributed by atoms with van der Waals surface area (Å²) in [6.07, 6.45) is 1.71. The van der Waals surface area contributed by atoms with Gasteiger partial charge in [0.1, 0.15) is 0 Å². The molecule has 1 aliphatic rings. The standard InChI is InChI=1S/C16H14N2OS/c1-18-13-9-5-3-7-11(13)15-12-8-4-6-10-14(12)20(2,19)17-16(15)18/h3-10H,1-2H3. The highest BCUT2D eigenvalue weighted by molar-refractivity contribution is 7.93. The summed E-state index contributed by atoms with van der Waals surface area (Å²) < 4.78 is 19.4. The molecule has 0 aliphatic carbocycles. The van der Waals surface area contributed by atoms with Crippen LogP contribution in [0.2, 0.25) is 0 Å². The van der Waals surface area contributed by atoms with Crippen molar-refractivity contribution in [1.82, 2.24) is 4.57 Å². The van der Waals surface area contributed by atoms with Gasteiger partial charge in [0.05, 0.1) is 20.1 Å². The van der Waals surface area contributed by atoms with Crippen molar-refractivity contribution >= 4 is 26.4 Å². The van der Waals surface area contributed by atoms with E-state index in [1.807, 2.05) is 48.0 Å². The third kappa shape index (κ3) is 1.37. The van der Waals surface area contributed by atoms with Gasteiger partial charge in [0.15, 0.2) is 5.82 Å². The van der Waals surface area contributed by atoms with Gasteiger partial charge < -0.3 is 4.57 Å². The van der Waals surface area contributed by atoms with Crippen LogP contribution in [0.5, 0.6) is 0 Å². The third-order valence-corrected chi connectivity index (χ3v) is 5.59. The second-order valence-corrected chi connectivity index (χ2v) is 7.39. The molecule has 3 nitrogen and oxygen atoms in total. The summed E-state index contributed by atoms with van der Waals surface area (Å²) in [7, 11) is -0.391. The van der Waals surface area contributed by atoms with Crippen LogP contribution in [0, 0.1) is 0 Å². The largest absolute Gasteiger partial charge is 0.328 e. The maximum absolute atomic E-state index is 12.8. The van der Waals surface area contributed by atoms with E-state index in [0.717, 1.165) is 32.7 Å². The number of fused-ring (bicyclic) bond motifs is 5. The minimum absolute atomic E-state index is 0.817. The van der Waals surface area contributed by atoms with E-state index >= 15 is 0 Å². The van der Waals surface area contributed by atoms with Gasteiger partial charge in [-0.15, -0.1) is 0 Å². The molecule has 0 saturated heterocycles. The van der Waals surface area contributed by atoms with E-state index in [9.17, 15) is 4.21 Å². The molecule has 0 spiro atoms. The van der Waals surface area contributed by atoms with E-state index in [4.69, 9.17) is 0 Å². The van der Waals surface area contributed by atoms with Crippen molar-refractivity contribution in [3.8, 4) is 11.1 Å². The SMILES string of the molecule is Cn1c2c(c3ccccc31)-c1ccccc1S(C)(=O)=N2. The summed E-state index contributed by atoms with van der Waals surface area (Å²) in [5.41, 5.74) is 3.26. The molecule has 100 valence electrons. The lowest BCUT2D eigenvalue weighted by Crippen LogP contribution is -2.04. The predicted molar refractivity (Wildman–Crippen MR) is 82.8 cm³/mol. The molecule has 2 heterocycles. The van der Waals surface area contributed by atoms with Gasteiger partial charge >= 0.3 is 0 Å². The van der Waals surface area contributed by atoms with Gasteiger partial charge in [0.25, 0.3) is 0 Å². The second-order valence-electron chi connectivity index (χ2n) is 5.16. The van der Waals surface area contributed by atoms with Gasteiger partial charge in [-0.3, -0.25) is 0 Å². The maximum atomic E-state index is 12.8. The average molecular weight is 282 g/mol. The van der Waals surface area contributed by atoms with Crippen molar-refractivity contribution in [2.45, 2.75) is 4.90 Å². The highest BCUT2D eigenvalue weighted by Gasteiger charge is 2.26. The first-order valence-electron chi connectivity index (χ1n) is 6.48. The van der Waals surface area contributed by atoms with E-state index < -0.39 is 9.73 Å². The minimum atomic E-state index is -2.37. The van der Waals surface area contributed by atoms with Crippen LogP contribution in [0.4, 0.5) is 5.82 Å². The van der Waals surface area contributed by atoms with Crippen molar-refractivity contribution in [3.05, 3.63) is 48.5 Å². The van der Waals surface area contributed by atoms with E-state index in [0.29, 0.717) is 0 Å². The zero-order valence-corrected chi connectivity index (χ0v) is 12.1. The van der Waals surface area contributed by atoms with Crippen LogP contribution in [0.3, 0.4) is 0 Å². The molecule has 1 aromatic heterocycles. The average Bonchev–Trinajstić information content (AvgIpc) is 2.72. The lowest BCUT2D eigenvalue weighted by atomic mass is 10.0. The Kier molecular flexibility index (Phi) is 2.19. The van der Waals surface area contributed by atoms with Crippen LogP contribution < -0.4 is 0 Å². The van der Waals surface area contributed by atoms with Gasteiger partial charge in [-0.2, -0.15) is 4.36 Å². The Balaban J connectivity index is 2.30. The smallest absolute Gasteiger partial charge is 0.151 e. The fourth-order valence-corrected chi connectivity index (χ4v) is 4.52. The Hall–Kier alpha value is -2.07. The molecule has 4 rings (SSSR count). The Morgan fingerprint density at radius 3 is 2.60 bits per heavy atom. The van der Waals surface area contributed by atoms with Gasteiger partial charge in [0, 0.05) is 29.8 Å². The highest BCUT2D eigenvalue weighted by Crippen LogP contribution is 2.46. The number of benzene rings is 2. The molecule has 20 heavy (non-hydrogen) atoms. The van der Waals surface area contributed by atoms with Crippen LogP contribution in [-0.4, -0.2) is 15.0 Å². The fourth-order valence-electron chi connectivity index (χ4n) is 2.97. The topological polar surface area (TPSA) is 34.4 Å². The lowest BCUT2D eigenvalue weighted by Gasteiger charge is -2.17. The molecule has 0 fully saturated rings. The Labute approximate surface area is 118 Å². The fraction of sp³-hybridized carbons (Fsp3) is 0.125. The Bertz CT molecular complexity index is 975. The summed E-state index contributed by atoms with van der Waals surface area (Å²) in [6.45, 7) is 0.